The van der Waals surface area contributed by atoms with Crippen LogP contribution in [0, 0.1) is 23.4 Å². The molecule has 0 aromatic heterocycles. The zero-order valence-corrected chi connectivity index (χ0v) is 18.3. The second kappa shape index (κ2) is 10.4. The van der Waals surface area contributed by atoms with E-state index in [0.29, 0.717) is 24.5 Å². The standard InChI is InChI=1S/C26H24F3N3O2/c27-20-11-12-23(22(29)14-20)31-26(34)32-16-19(10-13-24(32)17-6-2-1-3-7-17)25(33)30-15-18-8-4-5-9-21(18)28/h1-9,11-12,14,19,24H,10,13,15-16H2,(H,30,33)(H,31,34)/t19-,24-/m1/s1. The van der Waals surface area contributed by atoms with E-state index in [-0.39, 0.29) is 30.7 Å². The van der Waals surface area contributed by atoms with Crippen LogP contribution in [0.1, 0.15) is 30.0 Å². The quantitative estimate of drug-likeness (QED) is 0.528. The highest BCUT2D eigenvalue weighted by Crippen LogP contribution is 2.34. The van der Waals surface area contributed by atoms with Crippen LogP contribution in [-0.2, 0) is 11.3 Å². The van der Waals surface area contributed by atoms with Gasteiger partial charge in [-0.25, -0.2) is 18.0 Å². The van der Waals surface area contributed by atoms with Crippen molar-refractivity contribution >= 4 is 17.6 Å². The van der Waals surface area contributed by atoms with Crippen LogP contribution >= 0.6 is 0 Å². The van der Waals surface area contributed by atoms with Crippen molar-refractivity contribution in [3.05, 3.63) is 101 Å². The predicted octanol–water partition coefficient (Wildman–Crippen LogP) is 5.41. The lowest BCUT2D eigenvalue weighted by molar-refractivity contribution is -0.126. The normalized spacial score (nSPS) is 17.8. The summed E-state index contributed by atoms with van der Waals surface area (Å²) in [4.78, 5) is 27.5. The van der Waals surface area contributed by atoms with Crippen molar-refractivity contribution in [2.75, 3.05) is 11.9 Å². The minimum Gasteiger partial charge on any atom is -0.352 e. The van der Waals surface area contributed by atoms with Crippen molar-refractivity contribution < 1.29 is 22.8 Å². The van der Waals surface area contributed by atoms with E-state index in [1.807, 2.05) is 30.3 Å². The van der Waals surface area contributed by atoms with Crippen LogP contribution in [0.4, 0.5) is 23.7 Å². The third-order valence-electron chi connectivity index (χ3n) is 5.98. The monoisotopic (exact) mass is 467 g/mol. The number of nitrogens with one attached hydrogen (secondary N) is 2. The smallest absolute Gasteiger partial charge is 0.322 e. The molecule has 2 N–H and O–H groups in total. The molecule has 5 nitrogen and oxygen atoms in total. The Balaban J connectivity index is 1.50. The molecule has 0 unspecified atom stereocenters. The van der Waals surface area contributed by atoms with Crippen molar-refractivity contribution in [3.8, 4) is 0 Å². The first kappa shape index (κ1) is 23.4. The first-order valence-electron chi connectivity index (χ1n) is 11.0. The number of hydrogen-bond acceptors (Lipinski definition) is 2. The summed E-state index contributed by atoms with van der Waals surface area (Å²) < 4.78 is 41.3. The molecular formula is C26H24F3N3O2. The molecule has 3 aromatic rings. The van der Waals surface area contributed by atoms with Gasteiger partial charge in [0.15, 0.2) is 0 Å². The van der Waals surface area contributed by atoms with Gasteiger partial charge in [0.25, 0.3) is 0 Å². The number of piperidine rings is 1. The minimum atomic E-state index is -0.888. The van der Waals surface area contributed by atoms with Crippen molar-refractivity contribution in [3.63, 3.8) is 0 Å². The van der Waals surface area contributed by atoms with Gasteiger partial charge in [0.2, 0.25) is 5.91 Å². The summed E-state index contributed by atoms with van der Waals surface area (Å²) in [7, 11) is 0. The van der Waals surface area contributed by atoms with Gasteiger partial charge in [0.05, 0.1) is 17.6 Å². The average Bonchev–Trinajstić information content (AvgIpc) is 2.85. The van der Waals surface area contributed by atoms with E-state index in [1.165, 1.54) is 11.0 Å². The molecule has 176 valence electrons. The molecule has 8 heteroatoms. The van der Waals surface area contributed by atoms with Crippen LogP contribution in [-0.4, -0.2) is 23.4 Å². The molecule has 1 aliphatic rings. The molecule has 0 aliphatic carbocycles. The highest BCUT2D eigenvalue weighted by atomic mass is 19.1. The molecule has 4 rings (SSSR count). The number of nitrogens with zero attached hydrogens (tertiary/aromatic N) is 1. The first-order valence-corrected chi connectivity index (χ1v) is 11.0. The summed E-state index contributed by atoms with van der Waals surface area (Å²) in [6.07, 6.45) is 1.04. The van der Waals surface area contributed by atoms with E-state index in [1.54, 1.807) is 18.2 Å². The minimum absolute atomic E-state index is 0.0388. The highest BCUT2D eigenvalue weighted by Gasteiger charge is 2.35. The average molecular weight is 467 g/mol. The number of anilines is 1. The van der Waals surface area contributed by atoms with Gasteiger partial charge in [-0.15, -0.1) is 0 Å². The molecule has 0 bridgehead atoms. The molecule has 0 radical (unpaired) electrons. The van der Waals surface area contributed by atoms with Crippen LogP contribution < -0.4 is 10.6 Å². The van der Waals surface area contributed by atoms with Gasteiger partial charge in [-0.3, -0.25) is 4.79 Å². The summed E-state index contributed by atoms with van der Waals surface area (Å²) in [5.41, 5.74) is 1.11. The SMILES string of the molecule is O=C(NCc1ccccc1F)[C@@H]1CC[C@H](c2ccccc2)N(C(=O)Nc2ccc(F)cc2F)C1. The van der Waals surface area contributed by atoms with Gasteiger partial charge in [0, 0.05) is 24.7 Å². The van der Waals surface area contributed by atoms with Crippen LogP contribution in [0.3, 0.4) is 0 Å². The fourth-order valence-corrected chi connectivity index (χ4v) is 4.18. The molecular weight excluding hydrogens is 443 g/mol. The Hall–Kier alpha value is -3.81. The van der Waals surface area contributed by atoms with Crippen LogP contribution in [0.2, 0.25) is 0 Å². The molecule has 34 heavy (non-hydrogen) atoms. The second-order valence-electron chi connectivity index (χ2n) is 8.22. The van der Waals surface area contributed by atoms with Crippen molar-refractivity contribution in [2.45, 2.75) is 25.4 Å². The van der Waals surface area contributed by atoms with E-state index in [2.05, 4.69) is 10.6 Å². The maximum atomic E-state index is 14.1. The fraction of sp³-hybridized carbons (Fsp3) is 0.231. The van der Waals surface area contributed by atoms with Crippen LogP contribution in [0.15, 0.2) is 72.8 Å². The van der Waals surface area contributed by atoms with Gasteiger partial charge in [-0.2, -0.15) is 0 Å². The lowest BCUT2D eigenvalue weighted by Crippen LogP contribution is -2.48. The van der Waals surface area contributed by atoms with Crippen LogP contribution in [0.5, 0.6) is 0 Å². The molecule has 1 saturated heterocycles. The zero-order chi connectivity index (χ0) is 24.1. The Morgan fingerprint density at radius 1 is 0.882 bits per heavy atom. The number of benzene rings is 3. The summed E-state index contributed by atoms with van der Waals surface area (Å²) in [5, 5.41) is 5.25. The predicted molar refractivity (Wildman–Crippen MR) is 122 cm³/mol. The van der Waals surface area contributed by atoms with Crippen molar-refractivity contribution in [1.82, 2.24) is 10.2 Å². The number of carbonyl (C=O) groups is 2. The molecule has 1 fully saturated rings. The maximum absolute atomic E-state index is 14.1. The van der Waals surface area contributed by atoms with Gasteiger partial charge in [-0.1, -0.05) is 48.5 Å². The molecule has 1 heterocycles. The largest absolute Gasteiger partial charge is 0.352 e. The molecule has 3 aromatic carbocycles. The second-order valence-corrected chi connectivity index (χ2v) is 8.22. The lowest BCUT2D eigenvalue weighted by Gasteiger charge is -2.39. The molecule has 2 atom stereocenters. The number of likely N-dealkylation sites (tertiary alicyclic amines) is 1. The van der Waals surface area contributed by atoms with Gasteiger partial charge < -0.3 is 15.5 Å². The third-order valence-corrected chi connectivity index (χ3v) is 5.98. The Morgan fingerprint density at radius 2 is 1.62 bits per heavy atom. The summed E-state index contributed by atoms with van der Waals surface area (Å²) in [6.45, 7) is 0.133. The van der Waals surface area contributed by atoms with Gasteiger partial charge in [0.1, 0.15) is 17.5 Å². The number of halogens is 3. The number of amides is 3. The highest BCUT2D eigenvalue weighted by molar-refractivity contribution is 5.90. The zero-order valence-electron chi connectivity index (χ0n) is 18.3. The fourth-order valence-electron chi connectivity index (χ4n) is 4.18. The molecule has 0 spiro atoms. The Bertz CT molecular complexity index is 1170. The molecule has 1 aliphatic heterocycles. The van der Waals surface area contributed by atoms with Gasteiger partial charge >= 0.3 is 6.03 Å². The number of hydrogen-bond donors (Lipinski definition) is 2. The Kier molecular flexibility index (Phi) is 7.15. The van der Waals surface area contributed by atoms with E-state index >= 15 is 0 Å². The third kappa shape index (κ3) is 5.39. The molecule has 0 saturated carbocycles. The lowest BCUT2D eigenvalue weighted by atomic mass is 9.88. The van der Waals surface area contributed by atoms with E-state index in [0.717, 1.165) is 17.7 Å². The summed E-state index contributed by atoms with van der Waals surface area (Å²) >= 11 is 0. The van der Waals surface area contributed by atoms with E-state index in [9.17, 15) is 22.8 Å². The van der Waals surface area contributed by atoms with E-state index < -0.39 is 29.4 Å². The number of carbonyl (C=O) groups excluding carboxylic acids is 2. The van der Waals surface area contributed by atoms with Gasteiger partial charge in [-0.05, 0) is 36.6 Å². The van der Waals surface area contributed by atoms with Crippen molar-refractivity contribution in [1.29, 1.82) is 0 Å². The molecule has 3 amide bonds. The Morgan fingerprint density at radius 3 is 2.35 bits per heavy atom. The number of urea groups is 1. The van der Waals surface area contributed by atoms with Crippen molar-refractivity contribution in [2.24, 2.45) is 5.92 Å². The van der Waals surface area contributed by atoms with Crippen LogP contribution in [0.25, 0.3) is 0 Å². The van der Waals surface area contributed by atoms with E-state index in [4.69, 9.17) is 0 Å². The summed E-state index contributed by atoms with van der Waals surface area (Å²) in [6, 6.07) is 17.6. The Labute approximate surface area is 195 Å². The number of rotatable bonds is 5. The summed E-state index contributed by atoms with van der Waals surface area (Å²) in [5.74, 6) is -2.85. The maximum Gasteiger partial charge on any atom is 0.322 e. The first-order chi connectivity index (χ1) is 16.4. The topological polar surface area (TPSA) is 61.4 Å².